The van der Waals surface area contributed by atoms with Crippen LogP contribution in [0.5, 0.6) is 0 Å². The molecule has 1 aromatic carbocycles. The molecule has 4 rings (SSSR count). The molecule has 2 fully saturated rings. The van der Waals surface area contributed by atoms with Gasteiger partial charge in [0.2, 0.25) is 5.91 Å². The van der Waals surface area contributed by atoms with Crippen molar-refractivity contribution in [1.82, 2.24) is 14.5 Å². The summed E-state index contributed by atoms with van der Waals surface area (Å²) in [7, 11) is 1.73. The van der Waals surface area contributed by atoms with Crippen LogP contribution in [0.4, 0.5) is 5.69 Å². The van der Waals surface area contributed by atoms with Gasteiger partial charge in [0.05, 0.1) is 18.1 Å². The Morgan fingerprint density at radius 1 is 1.31 bits per heavy atom. The van der Waals surface area contributed by atoms with Crippen LogP contribution in [-0.2, 0) is 9.53 Å². The van der Waals surface area contributed by atoms with Crippen LogP contribution in [0.2, 0.25) is 0 Å². The van der Waals surface area contributed by atoms with E-state index in [0.29, 0.717) is 0 Å². The molecule has 138 valence electrons. The summed E-state index contributed by atoms with van der Waals surface area (Å²) in [6, 6.07) is 7.95. The van der Waals surface area contributed by atoms with Gasteiger partial charge in [-0.05, 0) is 57.5 Å². The maximum absolute atomic E-state index is 13.1. The molecule has 6 heteroatoms. The molecule has 3 heterocycles. The number of nitrogens with one attached hydrogen (secondary N) is 1. The lowest BCUT2D eigenvalue weighted by Gasteiger charge is -2.30. The van der Waals surface area contributed by atoms with E-state index < -0.39 is 5.54 Å². The van der Waals surface area contributed by atoms with Crippen molar-refractivity contribution in [3.05, 3.63) is 42.0 Å². The number of aromatic nitrogens is 2. The Labute approximate surface area is 154 Å². The molecule has 2 aliphatic heterocycles. The van der Waals surface area contributed by atoms with E-state index in [1.807, 2.05) is 37.5 Å². The molecule has 26 heavy (non-hydrogen) atoms. The van der Waals surface area contributed by atoms with E-state index in [9.17, 15) is 4.79 Å². The van der Waals surface area contributed by atoms with Crippen molar-refractivity contribution in [2.75, 3.05) is 25.5 Å². The van der Waals surface area contributed by atoms with Crippen LogP contribution >= 0.6 is 0 Å². The number of aryl methyl sites for hydroxylation is 1. The smallest absolute Gasteiger partial charge is 0.245 e. The molecule has 2 unspecified atom stereocenters. The molecule has 1 amide bonds. The van der Waals surface area contributed by atoms with Gasteiger partial charge in [0, 0.05) is 37.1 Å². The SMILES string of the molecule is COC1CN2CCCC2(C(=O)Nc2ccc(-n3cnc(C)c3C)cc2)C1. The number of methoxy groups -OCH3 is 1. The Hall–Kier alpha value is -2.18. The standard InChI is InChI=1S/C20H26N4O2/c1-14-15(2)24(13-21-14)17-7-5-16(6-8-17)22-19(25)20-9-4-10-23(20)12-18(11-20)26-3/h5-8,13,18H,4,9-12H2,1-3H3,(H,22,25). The van der Waals surface area contributed by atoms with Gasteiger partial charge in [-0.3, -0.25) is 9.69 Å². The molecular weight excluding hydrogens is 328 g/mol. The maximum Gasteiger partial charge on any atom is 0.245 e. The van der Waals surface area contributed by atoms with Gasteiger partial charge in [-0.25, -0.2) is 4.98 Å². The highest BCUT2D eigenvalue weighted by molar-refractivity contribution is 5.98. The summed E-state index contributed by atoms with van der Waals surface area (Å²) in [6.07, 6.45) is 4.74. The largest absolute Gasteiger partial charge is 0.380 e. The lowest BCUT2D eigenvalue weighted by atomic mass is 9.92. The van der Waals surface area contributed by atoms with Gasteiger partial charge < -0.3 is 14.6 Å². The number of ether oxygens (including phenoxy) is 1. The second-order valence-electron chi connectivity index (χ2n) is 7.43. The van der Waals surface area contributed by atoms with Gasteiger partial charge >= 0.3 is 0 Å². The van der Waals surface area contributed by atoms with Crippen molar-refractivity contribution in [3.63, 3.8) is 0 Å². The second-order valence-corrected chi connectivity index (χ2v) is 7.43. The van der Waals surface area contributed by atoms with Gasteiger partial charge in [0.15, 0.2) is 0 Å². The van der Waals surface area contributed by atoms with Gasteiger partial charge in [0.1, 0.15) is 5.54 Å². The van der Waals surface area contributed by atoms with Gasteiger partial charge in [-0.15, -0.1) is 0 Å². The fourth-order valence-corrected chi connectivity index (χ4v) is 4.34. The van der Waals surface area contributed by atoms with Crippen LogP contribution < -0.4 is 5.32 Å². The fraction of sp³-hybridized carbons (Fsp3) is 0.500. The number of benzene rings is 1. The van der Waals surface area contributed by atoms with Crippen LogP contribution in [0.15, 0.2) is 30.6 Å². The van der Waals surface area contributed by atoms with Crippen molar-refractivity contribution >= 4 is 11.6 Å². The van der Waals surface area contributed by atoms with Gasteiger partial charge in [-0.2, -0.15) is 0 Å². The van der Waals surface area contributed by atoms with E-state index in [1.54, 1.807) is 7.11 Å². The molecule has 0 spiro atoms. The number of amides is 1. The molecule has 0 bridgehead atoms. The van der Waals surface area contributed by atoms with Crippen molar-refractivity contribution in [3.8, 4) is 5.69 Å². The number of nitrogens with zero attached hydrogens (tertiary/aromatic N) is 3. The Balaban J connectivity index is 1.51. The third-order valence-corrected chi connectivity index (χ3v) is 6.02. The Kier molecular flexibility index (Phi) is 4.32. The minimum Gasteiger partial charge on any atom is -0.380 e. The highest BCUT2D eigenvalue weighted by Gasteiger charge is 2.53. The van der Waals surface area contributed by atoms with Crippen LogP contribution in [0.3, 0.4) is 0 Å². The second kappa shape index (κ2) is 6.52. The molecule has 0 radical (unpaired) electrons. The molecule has 2 aliphatic rings. The summed E-state index contributed by atoms with van der Waals surface area (Å²) >= 11 is 0. The molecule has 2 aromatic rings. The quantitative estimate of drug-likeness (QED) is 0.917. The zero-order valence-corrected chi connectivity index (χ0v) is 15.7. The first-order chi connectivity index (χ1) is 12.5. The number of anilines is 1. The van der Waals surface area contributed by atoms with E-state index >= 15 is 0 Å². The van der Waals surface area contributed by atoms with E-state index in [2.05, 4.69) is 26.7 Å². The van der Waals surface area contributed by atoms with Gasteiger partial charge in [0.25, 0.3) is 0 Å². The average molecular weight is 354 g/mol. The minimum atomic E-state index is -0.405. The molecular formula is C20H26N4O2. The van der Waals surface area contributed by atoms with Crippen LogP contribution in [0, 0.1) is 13.8 Å². The number of hydrogen-bond acceptors (Lipinski definition) is 4. The number of carbonyl (C=O) groups is 1. The summed E-state index contributed by atoms with van der Waals surface area (Å²) in [5.41, 5.74) is 3.62. The number of fused-ring (bicyclic) bond motifs is 1. The minimum absolute atomic E-state index is 0.0944. The summed E-state index contributed by atoms with van der Waals surface area (Å²) in [5.74, 6) is 0.0944. The topological polar surface area (TPSA) is 59.4 Å². The monoisotopic (exact) mass is 354 g/mol. The predicted molar refractivity (Wildman–Crippen MR) is 101 cm³/mol. The predicted octanol–water partition coefficient (Wildman–Crippen LogP) is 2.68. The van der Waals surface area contributed by atoms with Crippen molar-refractivity contribution in [2.24, 2.45) is 0 Å². The first kappa shape index (κ1) is 17.2. The number of hydrogen-bond donors (Lipinski definition) is 1. The molecule has 6 nitrogen and oxygen atoms in total. The summed E-state index contributed by atoms with van der Waals surface area (Å²) in [5, 5.41) is 3.13. The summed E-state index contributed by atoms with van der Waals surface area (Å²) < 4.78 is 7.57. The summed E-state index contributed by atoms with van der Waals surface area (Å²) in [4.78, 5) is 19.7. The van der Waals surface area contributed by atoms with Crippen LogP contribution in [0.1, 0.15) is 30.7 Å². The molecule has 0 aliphatic carbocycles. The lowest BCUT2D eigenvalue weighted by molar-refractivity contribution is -0.125. The Morgan fingerprint density at radius 3 is 2.73 bits per heavy atom. The molecule has 1 aromatic heterocycles. The van der Waals surface area contributed by atoms with Crippen LogP contribution in [-0.4, -0.2) is 52.2 Å². The van der Waals surface area contributed by atoms with Crippen molar-refractivity contribution in [2.45, 2.75) is 44.8 Å². The van der Waals surface area contributed by atoms with E-state index in [-0.39, 0.29) is 12.0 Å². The maximum atomic E-state index is 13.1. The molecule has 2 atom stereocenters. The van der Waals surface area contributed by atoms with E-state index in [1.165, 1.54) is 0 Å². The summed E-state index contributed by atoms with van der Waals surface area (Å²) in [6.45, 7) is 5.88. The van der Waals surface area contributed by atoms with E-state index in [4.69, 9.17) is 4.74 Å². The highest BCUT2D eigenvalue weighted by Crippen LogP contribution is 2.40. The third-order valence-electron chi connectivity index (χ3n) is 6.02. The zero-order chi connectivity index (χ0) is 18.3. The normalized spacial score (nSPS) is 25.4. The van der Waals surface area contributed by atoms with Crippen molar-refractivity contribution < 1.29 is 9.53 Å². The molecule has 0 saturated carbocycles. The zero-order valence-electron chi connectivity index (χ0n) is 15.7. The fourth-order valence-electron chi connectivity index (χ4n) is 4.34. The number of rotatable bonds is 4. The van der Waals surface area contributed by atoms with Crippen LogP contribution in [0.25, 0.3) is 5.69 Å². The highest BCUT2D eigenvalue weighted by atomic mass is 16.5. The number of carbonyl (C=O) groups excluding carboxylic acids is 1. The first-order valence-corrected chi connectivity index (χ1v) is 9.24. The van der Waals surface area contributed by atoms with Gasteiger partial charge in [-0.1, -0.05) is 0 Å². The Bertz CT molecular complexity index is 814. The Morgan fingerprint density at radius 2 is 2.08 bits per heavy atom. The third kappa shape index (κ3) is 2.73. The van der Waals surface area contributed by atoms with E-state index in [0.717, 1.165) is 55.1 Å². The number of imidazole rings is 1. The molecule has 2 saturated heterocycles. The molecule has 1 N–H and O–H groups in total. The lowest BCUT2D eigenvalue weighted by Crippen LogP contribution is -2.48. The average Bonchev–Trinajstić information content (AvgIpc) is 3.29. The first-order valence-electron chi connectivity index (χ1n) is 9.24. The van der Waals surface area contributed by atoms with Crippen molar-refractivity contribution in [1.29, 1.82) is 0 Å².